The molecule has 4 rings (SSSR count). The first kappa shape index (κ1) is 20.8. The number of thiazole rings is 1. The van der Waals surface area contributed by atoms with Crippen LogP contribution in [0.1, 0.15) is 16.1 Å². The number of hydrogen-bond donors (Lipinski definition) is 4. The minimum atomic E-state index is -0.562. The number of aliphatic hydroxyl groups is 1. The Kier molecular flexibility index (Phi) is 6.86. The van der Waals surface area contributed by atoms with Crippen LogP contribution in [0.2, 0.25) is 0 Å². The van der Waals surface area contributed by atoms with Crippen molar-refractivity contribution in [3.05, 3.63) is 65.2 Å². The topological polar surface area (TPSA) is 129 Å². The quantitative estimate of drug-likeness (QED) is 0.505. The van der Waals surface area contributed by atoms with Crippen molar-refractivity contribution in [2.75, 3.05) is 12.4 Å². The molecule has 3 aromatic rings. The average molecular weight is 430 g/mol. The molecule has 2 aromatic carbocycles. The van der Waals surface area contributed by atoms with E-state index in [1.165, 1.54) is 11.3 Å². The first-order valence-corrected chi connectivity index (χ1v) is 10.5. The molecule has 5 N–H and O–H groups in total. The highest BCUT2D eigenvalue weighted by Gasteiger charge is 2.20. The summed E-state index contributed by atoms with van der Waals surface area (Å²) in [6.45, 7) is 0.0735. The summed E-state index contributed by atoms with van der Waals surface area (Å²) in [6, 6.07) is 13.9. The van der Waals surface area contributed by atoms with E-state index in [0.29, 0.717) is 10.6 Å². The van der Waals surface area contributed by atoms with E-state index in [2.05, 4.69) is 9.98 Å². The standard InChI is InChI=1S/C10H8N2O2S.C10H11NO2S/c11-9(14)7-5-15-10(12-7)6-3-1-2-4-8(6)13;12-5-7-6-14-10(11-7)8-3-1-2-4-9(8)13/h1-5,13H,(H2,11,14);1-4,7,12-13H,5-6H2. The van der Waals surface area contributed by atoms with Gasteiger partial charge in [0.25, 0.3) is 5.91 Å². The fourth-order valence-corrected chi connectivity index (χ4v) is 4.40. The maximum Gasteiger partial charge on any atom is 0.268 e. The molecule has 0 radical (unpaired) electrons. The lowest BCUT2D eigenvalue weighted by atomic mass is 10.2. The summed E-state index contributed by atoms with van der Waals surface area (Å²) in [6.07, 6.45) is 0. The van der Waals surface area contributed by atoms with Crippen LogP contribution in [0.25, 0.3) is 10.6 Å². The molecule has 1 aromatic heterocycles. The van der Waals surface area contributed by atoms with Gasteiger partial charge in [0.1, 0.15) is 27.2 Å². The fourth-order valence-electron chi connectivity index (χ4n) is 2.48. The van der Waals surface area contributed by atoms with Gasteiger partial charge in [-0.25, -0.2) is 4.98 Å². The van der Waals surface area contributed by atoms with E-state index in [9.17, 15) is 15.0 Å². The number of phenols is 2. The minimum absolute atomic E-state index is 0.0189. The van der Waals surface area contributed by atoms with Crippen LogP contribution in [0.4, 0.5) is 0 Å². The van der Waals surface area contributed by atoms with Crippen molar-refractivity contribution in [3.8, 4) is 22.1 Å². The molecule has 0 spiro atoms. The Bertz CT molecular complexity index is 1040. The second-order valence-electron chi connectivity index (χ2n) is 6.02. The van der Waals surface area contributed by atoms with Crippen molar-refractivity contribution in [2.24, 2.45) is 10.7 Å². The van der Waals surface area contributed by atoms with E-state index in [-0.39, 0.29) is 29.8 Å². The highest BCUT2D eigenvalue weighted by atomic mass is 32.2. The van der Waals surface area contributed by atoms with Crippen LogP contribution in [-0.4, -0.2) is 49.7 Å². The Morgan fingerprint density at radius 2 is 1.69 bits per heavy atom. The maximum absolute atomic E-state index is 10.8. The molecular weight excluding hydrogens is 410 g/mol. The first-order valence-electron chi connectivity index (χ1n) is 8.63. The summed E-state index contributed by atoms with van der Waals surface area (Å²) in [4.78, 5) is 19.2. The van der Waals surface area contributed by atoms with Crippen molar-refractivity contribution in [1.29, 1.82) is 0 Å². The first-order chi connectivity index (χ1) is 14.0. The Balaban J connectivity index is 0.000000166. The molecular formula is C20H19N3O4S2. The third-order valence-corrected chi connectivity index (χ3v) is 5.97. The summed E-state index contributed by atoms with van der Waals surface area (Å²) in [5.41, 5.74) is 6.67. The van der Waals surface area contributed by atoms with E-state index >= 15 is 0 Å². The molecule has 1 aliphatic heterocycles. The number of aromatic nitrogens is 1. The van der Waals surface area contributed by atoms with E-state index in [0.717, 1.165) is 16.4 Å². The van der Waals surface area contributed by atoms with Crippen molar-refractivity contribution in [3.63, 3.8) is 0 Å². The molecule has 29 heavy (non-hydrogen) atoms. The summed E-state index contributed by atoms with van der Waals surface area (Å²) < 4.78 is 0. The number of phenolic OH excluding ortho intramolecular Hbond substituents is 2. The van der Waals surface area contributed by atoms with Crippen LogP contribution in [-0.2, 0) is 0 Å². The van der Waals surface area contributed by atoms with Gasteiger partial charge in [0.05, 0.1) is 18.2 Å². The Labute approximate surface area is 175 Å². The average Bonchev–Trinajstić information content (AvgIpc) is 3.39. The highest BCUT2D eigenvalue weighted by molar-refractivity contribution is 8.14. The number of benzene rings is 2. The van der Waals surface area contributed by atoms with Gasteiger partial charge in [0, 0.05) is 16.7 Å². The van der Waals surface area contributed by atoms with E-state index < -0.39 is 5.91 Å². The highest BCUT2D eigenvalue weighted by Crippen LogP contribution is 2.31. The third kappa shape index (κ3) is 5.14. The Morgan fingerprint density at radius 3 is 2.21 bits per heavy atom. The number of para-hydroxylation sites is 2. The predicted molar refractivity (Wildman–Crippen MR) is 116 cm³/mol. The zero-order chi connectivity index (χ0) is 20.8. The van der Waals surface area contributed by atoms with Crippen LogP contribution in [0.5, 0.6) is 11.5 Å². The van der Waals surface area contributed by atoms with Crippen LogP contribution in [0, 0.1) is 0 Å². The van der Waals surface area contributed by atoms with Gasteiger partial charge in [-0.3, -0.25) is 9.79 Å². The van der Waals surface area contributed by atoms with E-state index in [1.54, 1.807) is 53.5 Å². The largest absolute Gasteiger partial charge is 0.507 e. The summed E-state index contributed by atoms with van der Waals surface area (Å²) in [5.74, 6) is 0.619. The molecule has 1 atom stereocenters. The van der Waals surface area contributed by atoms with Gasteiger partial charge in [0.2, 0.25) is 0 Å². The number of carbonyl (C=O) groups is 1. The Hall–Kier alpha value is -2.88. The molecule has 1 amide bonds. The normalized spacial score (nSPS) is 15.3. The molecule has 0 saturated heterocycles. The zero-order valence-electron chi connectivity index (χ0n) is 15.2. The SMILES string of the molecule is NC(=O)c1csc(-c2ccccc2O)n1.OCC1CSC(c2ccccc2O)=N1. The lowest BCUT2D eigenvalue weighted by Gasteiger charge is -2.01. The van der Waals surface area contributed by atoms with Gasteiger partial charge in [-0.05, 0) is 24.3 Å². The molecule has 0 saturated carbocycles. The van der Waals surface area contributed by atoms with Gasteiger partial charge in [0.15, 0.2) is 0 Å². The zero-order valence-corrected chi connectivity index (χ0v) is 16.9. The maximum atomic E-state index is 10.8. The molecule has 0 aliphatic carbocycles. The van der Waals surface area contributed by atoms with Gasteiger partial charge in [-0.2, -0.15) is 0 Å². The molecule has 1 aliphatic rings. The van der Waals surface area contributed by atoms with E-state index in [1.807, 2.05) is 12.1 Å². The van der Waals surface area contributed by atoms with Crippen LogP contribution in [0.15, 0.2) is 58.9 Å². The Morgan fingerprint density at radius 1 is 1.07 bits per heavy atom. The van der Waals surface area contributed by atoms with Crippen LogP contribution < -0.4 is 5.73 Å². The smallest absolute Gasteiger partial charge is 0.268 e. The van der Waals surface area contributed by atoms with Crippen LogP contribution in [0.3, 0.4) is 0 Å². The number of hydrogen-bond acceptors (Lipinski definition) is 8. The number of aromatic hydroxyl groups is 2. The van der Waals surface area contributed by atoms with Crippen LogP contribution >= 0.6 is 23.1 Å². The second kappa shape index (κ2) is 9.55. The van der Waals surface area contributed by atoms with Gasteiger partial charge in [-0.15, -0.1) is 23.1 Å². The summed E-state index contributed by atoms with van der Waals surface area (Å²) in [7, 11) is 0. The lowest BCUT2D eigenvalue weighted by Crippen LogP contribution is -2.10. The monoisotopic (exact) mass is 429 g/mol. The molecule has 0 bridgehead atoms. The second-order valence-corrected chi connectivity index (χ2v) is 7.88. The lowest BCUT2D eigenvalue weighted by molar-refractivity contribution is 0.0996. The molecule has 2 heterocycles. The molecule has 0 fully saturated rings. The van der Waals surface area contributed by atoms with Crippen molar-refractivity contribution in [2.45, 2.75) is 6.04 Å². The number of amides is 1. The van der Waals surface area contributed by atoms with Crippen molar-refractivity contribution >= 4 is 34.0 Å². The molecule has 9 heteroatoms. The van der Waals surface area contributed by atoms with Gasteiger partial charge >= 0.3 is 0 Å². The number of primary amides is 1. The third-order valence-electron chi connectivity index (χ3n) is 3.95. The number of thioether (sulfide) groups is 1. The summed E-state index contributed by atoms with van der Waals surface area (Å²) >= 11 is 2.85. The van der Waals surface area contributed by atoms with Gasteiger partial charge < -0.3 is 21.1 Å². The number of aliphatic hydroxyl groups excluding tert-OH is 1. The number of nitrogens with zero attached hydrogens (tertiary/aromatic N) is 2. The molecule has 7 nitrogen and oxygen atoms in total. The fraction of sp³-hybridized carbons (Fsp3) is 0.150. The number of aliphatic imine (C=N–C) groups is 1. The van der Waals surface area contributed by atoms with Crippen molar-refractivity contribution < 1.29 is 20.1 Å². The molecule has 150 valence electrons. The van der Waals surface area contributed by atoms with E-state index in [4.69, 9.17) is 10.8 Å². The number of rotatable bonds is 4. The number of carbonyl (C=O) groups excluding carboxylic acids is 1. The predicted octanol–water partition coefficient (Wildman–Crippen LogP) is 2.86. The summed E-state index contributed by atoms with van der Waals surface area (Å²) in [5, 5.41) is 31.0. The minimum Gasteiger partial charge on any atom is -0.507 e. The number of nitrogens with two attached hydrogens (primary N) is 1. The molecule has 1 unspecified atom stereocenters. The van der Waals surface area contributed by atoms with Gasteiger partial charge in [-0.1, -0.05) is 24.3 Å². The van der Waals surface area contributed by atoms with Crippen molar-refractivity contribution in [1.82, 2.24) is 4.98 Å².